The van der Waals surface area contributed by atoms with Crippen molar-refractivity contribution in [2.45, 2.75) is 114 Å². The van der Waals surface area contributed by atoms with Gasteiger partial charge in [0, 0.05) is 25.2 Å². The van der Waals surface area contributed by atoms with Crippen LogP contribution in [0.2, 0.25) is 10.0 Å². The molecule has 45 heavy (non-hydrogen) atoms. The molecule has 0 N–H and O–H groups in total. The van der Waals surface area contributed by atoms with Crippen LogP contribution in [0, 0.1) is 10.4 Å². The van der Waals surface area contributed by atoms with Gasteiger partial charge in [0.05, 0.1) is 32.6 Å². The molecule has 13 heteroatoms. The summed E-state index contributed by atoms with van der Waals surface area (Å²) in [5, 5.41) is 26.9. The van der Waals surface area contributed by atoms with Gasteiger partial charge in [-0.3, -0.25) is 17.5 Å². The number of nitrogens with zero attached hydrogens (tertiary/aromatic N) is 4. The normalized spacial score (nSPS) is 11.5. The van der Waals surface area contributed by atoms with Gasteiger partial charge in [-0.15, -0.1) is 0 Å². The fourth-order valence-electron chi connectivity index (χ4n) is 5.08. The number of aromatic nitrogens is 4. The van der Waals surface area contributed by atoms with Gasteiger partial charge >= 0.3 is 0 Å². The molecule has 0 aliphatic carbocycles. The maximum Gasteiger partial charge on any atom is 0.280 e. The van der Waals surface area contributed by atoms with Gasteiger partial charge in [0.2, 0.25) is 0 Å². The summed E-state index contributed by atoms with van der Waals surface area (Å²) in [5.74, 6) is 0. The largest absolute Gasteiger partial charge is 0.618 e. The Bertz CT molecular complexity index is 1560. The fraction of sp³-hybridized carbons (Fsp3) is 0.500. The predicted molar refractivity (Wildman–Crippen MR) is 187 cm³/mol. The lowest BCUT2D eigenvalue weighted by Gasteiger charge is -2.11. The maximum atomic E-state index is 13.2. The number of unbranched alkanes of at least 4 members (excludes halogenated alkanes) is 10. The summed E-state index contributed by atoms with van der Waals surface area (Å²) >= 11 is 16.6. The Morgan fingerprint density at radius 2 is 1.04 bits per heavy atom. The Morgan fingerprint density at radius 1 is 0.667 bits per heavy atom. The van der Waals surface area contributed by atoms with Crippen molar-refractivity contribution in [3.63, 3.8) is 0 Å². The zero-order valence-electron chi connectivity index (χ0n) is 25.8. The van der Waals surface area contributed by atoms with Crippen molar-refractivity contribution in [3.8, 4) is 20.9 Å². The van der Waals surface area contributed by atoms with E-state index in [4.69, 9.17) is 23.2 Å². The smallest absolute Gasteiger partial charge is 0.280 e. The first-order chi connectivity index (χ1) is 21.8. The summed E-state index contributed by atoms with van der Waals surface area (Å²) in [5.41, 5.74) is 0.345. The zero-order valence-corrected chi connectivity index (χ0v) is 29.7. The van der Waals surface area contributed by atoms with Gasteiger partial charge in [-0.05, 0) is 25.0 Å². The molecule has 244 valence electrons. The van der Waals surface area contributed by atoms with Crippen molar-refractivity contribution >= 4 is 58.0 Å². The Hall–Kier alpha value is -2.31. The van der Waals surface area contributed by atoms with Gasteiger partial charge in [0.1, 0.15) is 10.0 Å². The van der Waals surface area contributed by atoms with E-state index >= 15 is 0 Å². The van der Waals surface area contributed by atoms with Crippen LogP contribution in [0.4, 0.5) is 0 Å². The quantitative estimate of drug-likeness (QED) is 0.0584. The second kappa shape index (κ2) is 17.6. The van der Waals surface area contributed by atoms with Gasteiger partial charge < -0.3 is 10.4 Å². The molecule has 0 amide bonds. The number of halogens is 2. The Labute approximate surface area is 286 Å². The van der Waals surface area contributed by atoms with Crippen molar-refractivity contribution in [2.24, 2.45) is 0 Å². The van der Waals surface area contributed by atoms with Gasteiger partial charge in [-0.1, -0.05) is 124 Å². The molecule has 0 spiro atoms. The highest BCUT2D eigenvalue weighted by atomic mass is 35.5. The minimum absolute atomic E-state index is 0.0513. The van der Waals surface area contributed by atoms with Crippen molar-refractivity contribution in [1.29, 1.82) is 0 Å². The number of hydrogen-bond donors (Lipinski definition) is 0. The summed E-state index contributed by atoms with van der Waals surface area (Å²) in [6, 6.07) is 6.63. The third kappa shape index (κ3) is 8.94. The molecule has 0 atom stereocenters. The summed E-state index contributed by atoms with van der Waals surface area (Å²) < 4.78 is 4.62. The molecular weight excluding hydrogens is 671 g/mol. The van der Waals surface area contributed by atoms with Gasteiger partial charge in [0.15, 0.2) is 12.4 Å². The van der Waals surface area contributed by atoms with E-state index in [2.05, 4.69) is 13.8 Å². The number of pyridine rings is 2. The molecule has 0 radical (unpaired) electrons. The van der Waals surface area contributed by atoms with E-state index < -0.39 is 0 Å². The second-order valence-corrected chi connectivity index (χ2v) is 14.8. The minimum atomic E-state index is -0.287. The second-order valence-electron chi connectivity index (χ2n) is 11.0. The van der Waals surface area contributed by atoms with Crippen LogP contribution in [0.15, 0.2) is 56.3 Å². The van der Waals surface area contributed by atoms with Crippen LogP contribution >= 0.6 is 58.0 Å². The molecule has 0 unspecified atom stereocenters. The molecule has 0 aromatic carbocycles. The molecule has 0 saturated heterocycles. The van der Waals surface area contributed by atoms with E-state index in [1.54, 1.807) is 32.2 Å². The number of aryl methyl sites for hydroxylation is 2. The van der Waals surface area contributed by atoms with Crippen molar-refractivity contribution < 1.29 is 9.46 Å². The first kappa shape index (κ1) is 35.5. The van der Waals surface area contributed by atoms with E-state index in [9.17, 15) is 20.0 Å². The average Bonchev–Trinajstić information content (AvgIpc) is 3.47. The van der Waals surface area contributed by atoms with E-state index in [1.165, 1.54) is 74.0 Å². The van der Waals surface area contributed by atoms with Crippen molar-refractivity contribution in [2.75, 3.05) is 0 Å². The van der Waals surface area contributed by atoms with Crippen LogP contribution in [0.1, 0.15) is 90.9 Å². The summed E-state index contributed by atoms with van der Waals surface area (Å²) in [6.07, 6.45) is 15.9. The molecular formula is C32H40Cl2N4O4S3. The van der Waals surface area contributed by atoms with Crippen molar-refractivity contribution in [3.05, 3.63) is 77.8 Å². The lowest BCUT2D eigenvalue weighted by atomic mass is 10.1. The van der Waals surface area contributed by atoms with Gasteiger partial charge in [-0.2, -0.15) is 9.46 Å². The third-order valence-corrected chi connectivity index (χ3v) is 12.0. The van der Waals surface area contributed by atoms with Crippen LogP contribution in [-0.2, 0) is 13.1 Å². The monoisotopic (exact) mass is 710 g/mol. The molecule has 4 aromatic heterocycles. The van der Waals surface area contributed by atoms with Crippen molar-refractivity contribution in [1.82, 2.24) is 7.91 Å². The van der Waals surface area contributed by atoms with Crippen LogP contribution in [0.3, 0.4) is 0 Å². The topological polar surface area (TPSA) is 97.9 Å². The Kier molecular flexibility index (Phi) is 13.9. The molecule has 4 heterocycles. The highest BCUT2D eigenvalue weighted by Crippen LogP contribution is 2.42. The van der Waals surface area contributed by atoms with E-state index in [1.807, 2.05) is 0 Å². The van der Waals surface area contributed by atoms with E-state index in [0.29, 0.717) is 43.4 Å². The molecule has 0 bridgehead atoms. The van der Waals surface area contributed by atoms with Crippen LogP contribution in [0.5, 0.6) is 0 Å². The molecule has 0 aliphatic heterocycles. The highest BCUT2D eigenvalue weighted by Gasteiger charge is 2.29. The summed E-state index contributed by atoms with van der Waals surface area (Å²) in [7, 11) is 0. The van der Waals surface area contributed by atoms with Crippen LogP contribution in [-0.4, -0.2) is 7.91 Å². The fourth-order valence-corrected chi connectivity index (χ4v) is 9.06. The third-order valence-electron chi connectivity index (χ3n) is 7.57. The molecule has 0 aliphatic rings. The number of hydrogen-bond acceptors (Lipinski definition) is 7. The van der Waals surface area contributed by atoms with Gasteiger partial charge in [0.25, 0.3) is 21.2 Å². The molecule has 8 nitrogen and oxygen atoms in total. The maximum absolute atomic E-state index is 13.2. The summed E-state index contributed by atoms with van der Waals surface area (Å²) in [4.78, 5) is 27.0. The Balaban J connectivity index is 1.62. The molecule has 0 fully saturated rings. The minimum Gasteiger partial charge on any atom is -0.618 e. The lowest BCUT2D eigenvalue weighted by Crippen LogP contribution is -2.32. The lowest BCUT2D eigenvalue weighted by molar-refractivity contribution is -0.651. The molecule has 0 saturated carbocycles. The SMILES string of the molecule is CCCCCCCCn1sc(-c2ccc[n+]([O-])c2Sc2c(-c3sn(CCCCCCCC)c(=O)c3Cl)ccc[n+]2[O-])c(Cl)c1=O. The molecule has 4 rings (SSSR count). The number of rotatable bonds is 18. The summed E-state index contributed by atoms with van der Waals surface area (Å²) in [6.45, 7) is 5.47. The van der Waals surface area contributed by atoms with Gasteiger partial charge in [-0.25, -0.2) is 0 Å². The van der Waals surface area contributed by atoms with E-state index in [-0.39, 0.29) is 31.2 Å². The molecule has 4 aromatic rings. The first-order valence-electron chi connectivity index (χ1n) is 15.7. The predicted octanol–water partition coefficient (Wildman–Crippen LogP) is 8.91. The van der Waals surface area contributed by atoms with E-state index in [0.717, 1.165) is 50.3 Å². The standard InChI is InChI=1S/C32H40Cl2N4O4S3/c1-3-5-7-9-11-13-21-37-29(39)25(33)27(44-37)23-17-15-19-35(41)31(23)43-32-24(18-16-20-36(32)42)28-26(34)30(40)38(45-28)22-14-12-10-8-6-4-2/h15-20H,3-14,21-22H2,1-2H3. The highest BCUT2D eigenvalue weighted by molar-refractivity contribution is 7.99. The average molecular weight is 712 g/mol. The van der Waals surface area contributed by atoms with Crippen LogP contribution in [0.25, 0.3) is 20.9 Å². The first-order valence-corrected chi connectivity index (χ1v) is 18.8. The zero-order chi connectivity index (χ0) is 32.3. The van der Waals surface area contributed by atoms with Crippen LogP contribution < -0.4 is 20.6 Å². The Morgan fingerprint density at radius 3 is 1.44 bits per heavy atom.